The summed E-state index contributed by atoms with van der Waals surface area (Å²) in [5, 5.41) is 11.1. The number of aryl methyl sites for hydroxylation is 1. The normalized spacial score (nSPS) is 14.7. The van der Waals surface area contributed by atoms with Crippen LogP contribution in [-0.2, 0) is 4.79 Å². The third kappa shape index (κ3) is 5.04. The molecule has 138 valence electrons. The van der Waals surface area contributed by atoms with E-state index >= 15 is 0 Å². The fourth-order valence-electron chi connectivity index (χ4n) is 2.78. The Balaban J connectivity index is 1.53. The Morgan fingerprint density at radius 3 is 2.62 bits per heavy atom. The Bertz CT molecular complexity index is 770. The zero-order valence-corrected chi connectivity index (χ0v) is 16.4. The lowest BCUT2D eigenvalue weighted by molar-refractivity contribution is -0.128. The second kappa shape index (κ2) is 9.14. The maximum absolute atomic E-state index is 12.3. The first-order valence-electron chi connectivity index (χ1n) is 8.74. The van der Waals surface area contributed by atoms with Crippen molar-refractivity contribution in [1.29, 1.82) is 0 Å². The molecule has 0 saturated carbocycles. The zero-order chi connectivity index (χ0) is 18.4. The van der Waals surface area contributed by atoms with Gasteiger partial charge in [-0.3, -0.25) is 9.59 Å². The molecule has 2 amide bonds. The molecule has 0 unspecified atom stereocenters. The Morgan fingerprint density at radius 1 is 1.15 bits per heavy atom. The summed E-state index contributed by atoms with van der Waals surface area (Å²) in [6, 6.07) is 7.58. The first-order chi connectivity index (χ1) is 12.6. The summed E-state index contributed by atoms with van der Waals surface area (Å²) < 4.78 is 0.642. The fourth-order valence-corrected chi connectivity index (χ4v) is 4.43. The number of likely N-dealkylation sites (tertiary alicyclic amines) is 1. The largest absolute Gasteiger partial charge is 0.342 e. The van der Waals surface area contributed by atoms with E-state index < -0.39 is 0 Å². The summed E-state index contributed by atoms with van der Waals surface area (Å²) in [5.41, 5.74) is 1.75. The molecule has 1 aromatic heterocycles. The van der Waals surface area contributed by atoms with Crippen LogP contribution in [0.25, 0.3) is 0 Å². The molecule has 3 rings (SSSR count). The quantitative estimate of drug-likeness (QED) is 0.790. The summed E-state index contributed by atoms with van der Waals surface area (Å²) >= 11 is 2.57. The summed E-state index contributed by atoms with van der Waals surface area (Å²) in [5.74, 6) is 0.203. The van der Waals surface area contributed by atoms with Gasteiger partial charge >= 0.3 is 0 Å². The van der Waals surface area contributed by atoms with E-state index in [1.807, 2.05) is 36.1 Å². The maximum Gasteiger partial charge on any atom is 0.286 e. The number of anilines is 1. The predicted octanol–water partition coefficient (Wildman–Crippen LogP) is 3.59. The number of hydrogen-bond donors (Lipinski definition) is 1. The van der Waals surface area contributed by atoms with Crippen LogP contribution in [0.3, 0.4) is 0 Å². The molecule has 1 fully saturated rings. The maximum atomic E-state index is 12.3. The third-order valence-corrected chi connectivity index (χ3v) is 6.31. The van der Waals surface area contributed by atoms with Crippen LogP contribution in [0, 0.1) is 6.92 Å². The number of hydrogen-bond acceptors (Lipinski definition) is 6. The zero-order valence-electron chi connectivity index (χ0n) is 14.7. The third-order valence-electron chi connectivity index (χ3n) is 4.27. The minimum atomic E-state index is -0.275. The highest BCUT2D eigenvalue weighted by molar-refractivity contribution is 8.01. The van der Waals surface area contributed by atoms with Crippen molar-refractivity contribution in [1.82, 2.24) is 15.1 Å². The second-order valence-corrected chi connectivity index (χ2v) is 8.43. The SMILES string of the molecule is Cc1ccccc1NC(=O)c1nnc(SCC(=O)N2CCCCCC2)s1. The first kappa shape index (κ1) is 18.8. The van der Waals surface area contributed by atoms with Crippen molar-refractivity contribution >= 4 is 40.6 Å². The van der Waals surface area contributed by atoms with Crippen molar-refractivity contribution in [3.8, 4) is 0 Å². The van der Waals surface area contributed by atoms with Gasteiger partial charge in [0.1, 0.15) is 0 Å². The van der Waals surface area contributed by atoms with E-state index in [1.165, 1.54) is 35.9 Å². The molecule has 2 heterocycles. The van der Waals surface area contributed by atoms with Gasteiger partial charge < -0.3 is 10.2 Å². The van der Waals surface area contributed by atoms with Gasteiger partial charge in [-0.25, -0.2) is 0 Å². The first-order valence-corrected chi connectivity index (χ1v) is 10.5. The molecule has 1 saturated heterocycles. The van der Waals surface area contributed by atoms with E-state index in [1.54, 1.807) is 0 Å². The van der Waals surface area contributed by atoms with E-state index in [4.69, 9.17) is 0 Å². The van der Waals surface area contributed by atoms with Crippen LogP contribution in [0.15, 0.2) is 28.6 Å². The minimum Gasteiger partial charge on any atom is -0.342 e. The highest BCUT2D eigenvalue weighted by atomic mass is 32.2. The van der Waals surface area contributed by atoms with Gasteiger partial charge in [0.15, 0.2) is 4.34 Å². The van der Waals surface area contributed by atoms with Crippen molar-refractivity contribution in [2.75, 3.05) is 24.2 Å². The number of nitrogens with zero attached hydrogens (tertiary/aromatic N) is 3. The van der Waals surface area contributed by atoms with Gasteiger partial charge in [0.05, 0.1) is 5.75 Å². The molecule has 1 aliphatic heterocycles. The fraction of sp³-hybridized carbons (Fsp3) is 0.444. The monoisotopic (exact) mass is 390 g/mol. The Kier molecular flexibility index (Phi) is 6.62. The molecule has 1 aliphatic rings. The van der Waals surface area contributed by atoms with Gasteiger partial charge in [-0.2, -0.15) is 0 Å². The van der Waals surface area contributed by atoms with E-state index in [0.717, 1.165) is 37.2 Å². The number of carbonyl (C=O) groups is 2. The molecule has 0 aliphatic carbocycles. The van der Waals surface area contributed by atoms with Crippen molar-refractivity contribution in [3.05, 3.63) is 34.8 Å². The lowest BCUT2D eigenvalue weighted by Gasteiger charge is -2.19. The number of benzene rings is 1. The molecule has 26 heavy (non-hydrogen) atoms. The van der Waals surface area contributed by atoms with Crippen molar-refractivity contribution < 1.29 is 9.59 Å². The van der Waals surface area contributed by atoms with Crippen LogP contribution in [-0.4, -0.2) is 45.8 Å². The highest BCUT2D eigenvalue weighted by Crippen LogP contribution is 2.24. The number of amides is 2. The molecule has 0 bridgehead atoms. The highest BCUT2D eigenvalue weighted by Gasteiger charge is 2.18. The van der Waals surface area contributed by atoms with Gasteiger partial charge in [0.2, 0.25) is 10.9 Å². The van der Waals surface area contributed by atoms with Crippen LogP contribution in [0.5, 0.6) is 0 Å². The van der Waals surface area contributed by atoms with Crippen LogP contribution < -0.4 is 5.32 Å². The number of nitrogens with one attached hydrogen (secondary N) is 1. The molecule has 0 radical (unpaired) electrons. The molecule has 1 aromatic carbocycles. The van der Waals surface area contributed by atoms with E-state index in [-0.39, 0.29) is 11.8 Å². The minimum absolute atomic E-state index is 0.137. The molecule has 1 N–H and O–H groups in total. The lowest BCUT2D eigenvalue weighted by Crippen LogP contribution is -2.33. The summed E-state index contributed by atoms with van der Waals surface area (Å²) in [6.45, 7) is 3.63. The summed E-state index contributed by atoms with van der Waals surface area (Å²) in [4.78, 5) is 26.6. The number of aromatic nitrogens is 2. The summed E-state index contributed by atoms with van der Waals surface area (Å²) in [6.07, 6.45) is 4.57. The predicted molar refractivity (Wildman–Crippen MR) is 105 cm³/mol. The smallest absolute Gasteiger partial charge is 0.286 e. The van der Waals surface area contributed by atoms with E-state index in [9.17, 15) is 9.59 Å². The Morgan fingerprint density at radius 2 is 1.88 bits per heavy atom. The number of carbonyl (C=O) groups excluding carboxylic acids is 2. The molecule has 0 spiro atoms. The molecular weight excluding hydrogens is 368 g/mol. The molecular formula is C18H22N4O2S2. The van der Waals surface area contributed by atoms with Crippen molar-refractivity contribution in [2.45, 2.75) is 36.9 Å². The average Bonchev–Trinajstić information content (AvgIpc) is 2.95. The lowest BCUT2D eigenvalue weighted by atomic mass is 10.2. The van der Waals surface area contributed by atoms with Gasteiger partial charge in [-0.05, 0) is 31.4 Å². The van der Waals surface area contributed by atoms with Crippen LogP contribution >= 0.6 is 23.1 Å². The number of thioether (sulfide) groups is 1. The van der Waals surface area contributed by atoms with Crippen LogP contribution in [0.4, 0.5) is 5.69 Å². The summed E-state index contributed by atoms with van der Waals surface area (Å²) in [7, 11) is 0. The molecule has 0 atom stereocenters. The Hall–Kier alpha value is -1.93. The average molecular weight is 391 g/mol. The van der Waals surface area contributed by atoms with Gasteiger partial charge in [-0.15, -0.1) is 10.2 Å². The molecule has 2 aromatic rings. The topological polar surface area (TPSA) is 75.2 Å². The van der Waals surface area contributed by atoms with E-state index in [0.29, 0.717) is 15.1 Å². The van der Waals surface area contributed by atoms with Crippen molar-refractivity contribution in [3.63, 3.8) is 0 Å². The van der Waals surface area contributed by atoms with Crippen LogP contribution in [0.2, 0.25) is 0 Å². The standard InChI is InChI=1S/C18H22N4O2S2/c1-13-8-4-5-9-14(13)19-16(24)17-20-21-18(26-17)25-12-15(23)22-10-6-2-3-7-11-22/h4-5,8-9H,2-3,6-7,10-12H2,1H3,(H,19,24). The van der Waals surface area contributed by atoms with Crippen LogP contribution in [0.1, 0.15) is 41.0 Å². The second-order valence-electron chi connectivity index (χ2n) is 6.23. The molecule has 8 heteroatoms. The van der Waals surface area contributed by atoms with Gasteiger partial charge in [0.25, 0.3) is 5.91 Å². The Labute approximate surface area is 161 Å². The van der Waals surface area contributed by atoms with Crippen molar-refractivity contribution in [2.24, 2.45) is 0 Å². The van der Waals surface area contributed by atoms with Gasteiger partial charge in [-0.1, -0.05) is 54.1 Å². The molecule has 6 nitrogen and oxygen atoms in total. The number of para-hydroxylation sites is 1. The number of rotatable bonds is 5. The van der Waals surface area contributed by atoms with E-state index in [2.05, 4.69) is 15.5 Å². The van der Waals surface area contributed by atoms with Gasteiger partial charge in [0, 0.05) is 18.8 Å².